The van der Waals surface area contributed by atoms with Gasteiger partial charge in [-0.25, -0.2) is 9.78 Å². The van der Waals surface area contributed by atoms with Crippen LogP contribution in [0.25, 0.3) is 0 Å². The molecule has 0 aliphatic carbocycles. The second kappa shape index (κ2) is 6.94. The van der Waals surface area contributed by atoms with E-state index in [9.17, 15) is 9.59 Å². The number of imidazole rings is 1. The molecule has 0 saturated carbocycles. The van der Waals surface area contributed by atoms with Crippen molar-refractivity contribution < 1.29 is 14.3 Å². The highest BCUT2D eigenvalue weighted by atomic mass is 32.2. The average Bonchev–Trinajstić information content (AvgIpc) is 2.90. The monoisotopic (exact) mass is 305 g/mol. The number of hydrogen-bond donors (Lipinski definition) is 1. The van der Waals surface area contributed by atoms with Crippen LogP contribution in [0.5, 0.6) is 0 Å². The normalized spacial score (nSPS) is 10.2. The number of carbonyl (C=O) groups is 2. The zero-order valence-corrected chi connectivity index (χ0v) is 12.5. The van der Waals surface area contributed by atoms with Crippen molar-refractivity contribution in [3.63, 3.8) is 0 Å². The van der Waals surface area contributed by atoms with Gasteiger partial charge >= 0.3 is 5.97 Å². The first-order valence-electron chi connectivity index (χ1n) is 6.18. The van der Waals surface area contributed by atoms with Crippen molar-refractivity contribution in [2.24, 2.45) is 7.05 Å². The molecule has 0 spiro atoms. The van der Waals surface area contributed by atoms with Gasteiger partial charge in [-0.3, -0.25) is 4.79 Å². The highest BCUT2D eigenvalue weighted by Gasteiger charge is 2.09. The van der Waals surface area contributed by atoms with Crippen molar-refractivity contribution in [1.29, 1.82) is 0 Å². The molecule has 0 fully saturated rings. The summed E-state index contributed by atoms with van der Waals surface area (Å²) in [6.45, 7) is 0. The first-order chi connectivity index (χ1) is 10.1. The number of anilines is 1. The van der Waals surface area contributed by atoms with Crippen molar-refractivity contribution in [2.75, 3.05) is 18.2 Å². The fraction of sp³-hybridized carbons (Fsp3) is 0.214. The van der Waals surface area contributed by atoms with E-state index in [1.807, 2.05) is 17.8 Å². The predicted molar refractivity (Wildman–Crippen MR) is 80.3 cm³/mol. The molecule has 2 rings (SSSR count). The molecule has 1 amide bonds. The van der Waals surface area contributed by atoms with Crippen molar-refractivity contribution in [1.82, 2.24) is 9.55 Å². The van der Waals surface area contributed by atoms with Gasteiger partial charge in [-0.2, -0.15) is 0 Å². The third-order valence-corrected chi connectivity index (χ3v) is 3.73. The number of hydrogen-bond acceptors (Lipinski definition) is 5. The summed E-state index contributed by atoms with van der Waals surface area (Å²) in [6, 6.07) is 6.61. The molecule has 7 heteroatoms. The summed E-state index contributed by atoms with van der Waals surface area (Å²) in [5, 5.41) is 3.51. The van der Waals surface area contributed by atoms with Gasteiger partial charge in [0, 0.05) is 25.1 Å². The van der Waals surface area contributed by atoms with E-state index in [4.69, 9.17) is 0 Å². The minimum absolute atomic E-state index is 0.162. The molecule has 1 aromatic carbocycles. The Bertz CT molecular complexity index is 654. The van der Waals surface area contributed by atoms with Gasteiger partial charge in [0.05, 0.1) is 18.4 Å². The van der Waals surface area contributed by atoms with Crippen molar-refractivity contribution >= 4 is 29.3 Å². The maximum absolute atomic E-state index is 11.9. The number of benzene rings is 1. The van der Waals surface area contributed by atoms with E-state index in [-0.39, 0.29) is 11.7 Å². The Morgan fingerprint density at radius 2 is 2.24 bits per heavy atom. The number of amides is 1. The van der Waals surface area contributed by atoms with Gasteiger partial charge in [0.15, 0.2) is 5.16 Å². The minimum atomic E-state index is -0.437. The Labute approximate surface area is 126 Å². The third-order valence-electron chi connectivity index (χ3n) is 2.68. The SMILES string of the molecule is COC(=O)c1cccc(NC(=O)CSc2nccn2C)c1. The molecule has 2 aromatic rings. The van der Waals surface area contributed by atoms with Crippen LogP contribution in [0.1, 0.15) is 10.4 Å². The average molecular weight is 305 g/mol. The summed E-state index contributed by atoms with van der Waals surface area (Å²) in [6.07, 6.45) is 3.50. The highest BCUT2D eigenvalue weighted by molar-refractivity contribution is 7.99. The lowest BCUT2D eigenvalue weighted by atomic mass is 10.2. The second-order valence-electron chi connectivity index (χ2n) is 4.23. The van der Waals surface area contributed by atoms with Gasteiger partial charge in [-0.05, 0) is 18.2 Å². The summed E-state index contributed by atoms with van der Waals surface area (Å²) in [5.41, 5.74) is 0.954. The first kappa shape index (κ1) is 15.1. The number of aromatic nitrogens is 2. The van der Waals surface area contributed by atoms with E-state index in [0.717, 1.165) is 5.16 Å². The van der Waals surface area contributed by atoms with Crippen LogP contribution in [-0.2, 0) is 16.6 Å². The van der Waals surface area contributed by atoms with Gasteiger partial charge in [0.25, 0.3) is 0 Å². The number of esters is 1. The third kappa shape index (κ3) is 4.09. The first-order valence-corrected chi connectivity index (χ1v) is 7.17. The number of methoxy groups -OCH3 is 1. The smallest absolute Gasteiger partial charge is 0.337 e. The van der Waals surface area contributed by atoms with E-state index in [1.54, 1.807) is 30.5 Å². The lowest BCUT2D eigenvalue weighted by Gasteiger charge is -2.06. The molecule has 110 valence electrons. The van der Waals surface area contributed by atoms with Crippen LogP contribution in [0.4, 0.5) is 5.69 Å². The van der Waals surface area contributed by atoms with E-state index in [1.165, 1.54) is 18.9 Å². The quantitative estimate of drug-likeness (QED) is 0.675. The minimum Gasteiger partial charge on any atom is -0.465 e. The predicted octanol–water partition coefficient (Wildman–Crippen LogP) is 1.94. The molecule has 0 aliphatic rings. The summed E-state index contributed by atoms with van der Waals surface area (Å²) in [4.78, 5) is 27.4. The molecular weight excluding hydrogens is 290 g/mol. The molecule has 0 bridgehead atoms. The van der Waals surface area contributed by atoms with E-state index < -0.39 is 5.97 Å². The number of ether oxygens (including phenoxy) is 1. The van der Waals surface area contributed by atoms with Crippen LogP contribution in [0.2, 0.25) is 0 Å². The lowest BCUT2D eigenvalue weighted by molar-refractivity contribution is -0.113. The van der Waals surface area contributed by atoms with Crippen molar-refractivity contribution in [3.05, 3.63) is 42.2 Å². The molecule has 6 nitrogen and oxygen atoms in total. The molecule has 1 aromatic heterocycles. The molecule has 1 heterocycles. The maximum atomic E-state index is 11.9. The molecule has 0 radical (unpaired) electrons. The fourth-order valence-corrected chi connectivity index (χ4v) is 2.39. The lowest BCUT2D eigenvalue weighted by Crippen LogP contribution is -2.15. The molecule has 21 heavy (non-hydrogen) atoms. The van der Waals surface area contributed by atoms with E-state index in [2.05, 4.69) is 15.0 Å². The van der Waals surface area contributed by atoms with Gasteiger partial charge in [-0.15, -0.1) is 0 Å². The Kier molecular flexibility index (Phi) is 4.99. The number of nitrogens with one attached hydrogen (secondary N) is 1. The number of thioether (sulfide) groups is 1. The Morgan fingerprint density at radius 1 is 1.43 bits per heavy atom. The van der Waals surface area contributed by atoms with Gasteiger partial charge in [0.1, 0.15) is 0 Å². The van der Waals surface area contributed by atoms with Crippen molar-refractivity contribution in [2.45, 2.75) is 5.16 Å². The zero-order chi connectivity index (χ0) is 15.2. The number of rotatable bonds is 5. The number of carbonyl (C=O) groups excluding carboxylic acids is 2. The Morgan fingerprint density at radius 3 is 2.90 bits per heavy atom. The number of nitrogens with zero attached hydrogens (tertiary/aromatic N) is 2. The summed E-state index contributed by atoms with van der Waals surface area (Å²) in [5.74, 6) is -0.355. The molecular formula is C14H15N3O3S. The second-order valence-corrected chi connectivity index (χ2v) is 5.17. The highest BCUT2D eigenvalue weighted by Crippen LogP contribution is 2.16. The van der Waals surface area contributed by atoms with E-state index >= 15 is 0 Å². The molecule has 0 unspecified atom stereocenters. The summed E-state index contributed by atoms with van der Waals surface area (Å²) in [7, 11) is 3.18. The van der Waals surface area contributed by atoms with Crippen LogP contribution in [-0.4, -0.2) is 34.3 Å². The van der Waals surface area contributed by atoms with Crippen molar-refractivity contribution in [3.8, 4) is 0 Å². The van der Waals surface area contributed by atoms with Gasteiger partial charge in [0.2, 0.25) is 5.91 Å². The Hall–Kier alpha value is -2.28. The zero-order valence-electron chi connectivity index (χ0n) is 11.7. The topological polar surface area (TPSA) is 73.2 Å². The summed E-state index contributed by atoms with van der Waals surface area (Å²) < 4.78 is 6.48. The summed E-state index contributed by atoms with van der Waals surface area (Å²) >= 11 is 1.34. The molecule has 0 saturated heterocycles. The Balaban J connectivity index is 1.93. The van der Waals surface area contributed by atoms with Crippen LogP contribution >= 0.6 is 11.8 Å². The van der Waals surface area contributed by atoms with Gasteiger partial charge in [-0.1, -0.05) is 17.8 Å². The van der Waals surface area contributed by atoms with E-state index in [0.29, 0.717) is 11.3 Å². The fourth-order valence-electron chi connectivity index (χ4n) is 1.66. The molecule has 1 N–H and O–H groups in total. The molecule has 0 aliphatic heterocycles. The number of aryl methyl sites for hydroxylation is 1. The maximum Gasteiger partial charge on any atom is 0.337 e. The molecule has 0 atom stereocenters. The van der Waals surface area contributed by atoms with Crippen LogP contribution in [0.15, 0.2) is 41.8 Å². The van der Waals surface area contributed by atoms with Crippen LogP contribution in [0.3, 0.4) is 0 Å². The van der Waals surface area contributed by atoms with Crippen LogP contribution in [0, 0.1) is 0 Å². The largest absolute Gasteiger partial charge is 0.465 e. The standard InChI is InChI=1S/C14H15N3O3S/c1-17-7-6-15-14(17)21-9-12(18)16-11-5-3-4-10(8-11)13(19)20-2/h3-8H,9H2,1-2H3,(H,16,18). The van der Waals surface area contributed by atoms with Crippen LogP contribution < -0.4 is 5.32 Å². The van der Waals surface area contributed by atoms with Gasteiger partial charge < -0.3 is 14.6 Å².